The smallest absolute Gasteiger partial charge is 0.338 e. The first-order valence-corrected chi connectivity index (χ1v) is 8.22. The molecule has 1 aromatic rings. The van der Waals surface area contributed by atoms with E-state index >= 15 is 0 Å². The molecule has 116 valence electrons. The summed E-state index contributed by atoms with van der Waals surface area (Å²) in [7, 11) is -3.80. The van der Waals surface area contributed by atoms with Crippen LogP contribution in [0.25, 0.3) is 0 Å². The lowest BCUT2D eigenvalue weighted by Crippen LogP contribution is -2.44. The van der Waals surface area contributed by atoms with Gasteiger partial charge in [0, 0.05) is 12.6 Å². The summed E-state index contributed by atoms with van der Waals surface area (Å²) in [5.74, 6) is -1.97. The molecule has 0 saturated carbocycles. The van der Waals surface area contributed by atoms with Crippen molar-refractivity contribution in [3.63, 3.8) is 0 Å². The molecule has 0 amide bonds. The molecule has 2 unspecified atom stereocenters. The van der Waals surface area contributed by atoms with Gasteiger partial charge in [-0.1, -0.05) is 6.92 Å². The molecule has 1 fully saturated rings. The standard InChI is InChI=1S/C14H18FNO4S/c1-9-5-6-16(10(2)7-9)21(19,20)11-3-4-13(15)12(8-11)14(17)18/h3-4,8-10H,5-7H2,1-2H3,(H,17,18). The maximum absolute atomic E-state index is 13.4. The quantitative estimate of drug-likeness (QED) is 0.929. The Hall–Kier alpha value is -1.47. The van der Waals surface area contributed by atoms with Crippen LogP contribution in [0.4, 0.5) is 4.39 Å². The zero-order valence-electron chi connectivity index (χ0n) is 11.9. The van der Waals surface area contributed by atoms with Gasteiger partial charge in [-0.3, -0.25) is 0 Å². The summed E-state index contributed by atoms with van der Waals surface area (Å²) >= 11 is 0. The van der Waals surface area contributed by atoms with E-state index in [1.165, 1.54) is 4.31 Å². The second-order valence-corrected chi connectivity index (χ2v) is 7.43. The van der Waals surface area contributed by atoms with Crippen LogP contribution in [-0.2, 0) is 10.0 Å². The van der Waals surface area contributed by atoms with Gasteiger partial charge in [0.15, 0.2) is 0 Å². The topological polar surface area (TPSA) is 74.7 Å². The normalized spacial score (nSPS) is 24.0. The molecule has 1 N–H and O–H groups in total. The second kappa shape index (κ2) is 5.73. The van der Waals surface area contributed by atoms with E-state index in [1.54, 1.807) is 0 Å². The fraction of sp³-hybridized carbons (Fsp3) is 0.500. The molecule has 1 aliphatic rings. The molecule has 1 heterocycles. The van der Waals surface area contributed by atoms with Crippen LogP contribution >= 0.6 is 0 Å². The van der Waals surface area contributed by atoms with Crippen LogP contribution in [0.15, 0.2) is 23.1 Å². The van der Waals surface area contributed by atoms with Crippen molar-refractivity contribution in [1.29, 1.82) is 0 Å². The summed E-state index contributed by atoms with van der Waals surface area (Å²) < 4.78 is 40.0. The van der Waals surface area contributed by atoms with E-state index in [-0.39, 0.29) is 10.9 Å². The highest BCUT2D eigenvalue weighted by molar-refractivity contribution is 7.89. The number of sulfonamides is 1. The minimum Gasteiger partial charge on any atom is -0.478 e. The number of carboxylic acid groups (broad SMARTS) is 1. The first kappa shape index (κ1) is 15.9. The van der Waals surface area contributed by atoms with E-state index in [4.69, 9.17) is 5.11 Å². The molecule has 1 saturated heterocycles. The Morgan fingerprint density at radius 1 is 1.38 bits per heavy atom. The summed E-state index contributed by atoms with van der Waals surface area (Å²) in [6.07, 6.45) is 1.52. The summed E-state index contributed by atoms with van der Waals surface area (Å²) in [5, 5.41) is 8.90. The molecule has 0 radical (unpaired) electrons. The number of carboxylic acids is 1. The molecule has 2 atom stereocenters. The molecule has 1 aromatic carbocycles. The minimum atomic E-state index is -3.80. The third-order valence-electron chi connectivity index (χ3n) is 3.85. The van der Waals surface area contributed by atoms with Gasteiger partial charge in [-0.25, -0.2) is 17.6 Å². The van der Waals surface area contributed by atoms with Crippen molar-refractivity contribution < 1.29 is 22.7 Å². The lowest BCUT2D eigenvalue weighted by atomic mass is 9.95. The lowest BCUT2D eigenvalue weighted by Gasteiger charge is -2.35. The molecule has 0 aliphatic carbocycles. The summed E-state index contributed by atoms with van der Waals surface area (Å²) in [6, 6.07) is 2.73. The lowest BCUT2D eigenvalue weighted by molar-refractivity contribution is 0.0691. The second-order valence-electron chi connectivity index (χ2n) is 5.54. The predicted octanol–water partition coefficient (Wildman–Crippen LogP) is 2.33. The van der Waals surface area contributed by atoms with Crippen LogP contribution in [0, 0.1) is 11.7 Å². The van der Waals surface area contributed by atoms with E-state index in [0.29, 0.717) is 12.5 Å². The number of hydrogen-bond acceptors (Lipinski definition) is 3. The highest BCUT2D eigenvalue weighted by atomic mass is 32.2. The fourth-order valence-electron chi connectivity index (χ4n) is 2.71. The summed E-state index contributed by atoms with van der Waals surface area (Å²) in [6.45, 7) is 4.29. The van der Waals surface area contributed by atoms with Gasteiger partial charge in [0.05, 0.1) is 10.5 Å². The predicted molar refractivity (Wildman–Crippen MR) is 75.1 cm³/mol. The van der Waals surface area contributed by atoms with E-state index in [9.17, 15) is 17.6 Å². The number of benzene rings is 1. The van der Waals surface area contributed by atoms with E-state index < -0.39 is 27.4 Å². The van der Waals surface area contributed by atoms with Gasteiger partial charge in [-0.2, -0.15) is 4.31 Å². The third kappa shape index (κ3) is 3.08. The Morgan fingerprint density at radius 2 is 2.05 bits per heavy atom. The van der Waals surface area contributed by atoms with Gasteiger partial charge in [0.25, 0.3) is 0 Å². The minimum absolute atomic E-state index is 0.155. The fourth-order valence-corrected chi connectivity index (χ4v) is 4.39. The Labute approximate surface area is 123 Å². The first-order chi connectivity index (χ1) is 9.73. The van der Waals surface area contributed by atoms with Gasteiger partial charge in [-0.15, -0.1) is 0 Å². The van der Waals surface area contributed by atoms with Crippen molar-refractivity contribution >= 4 is 16.0 Å². The first-order valence-electron chi connectivity index (χ1n) is 6.78. The zero-order chi connectivity index (χ0) is 15.8. The molecular weight excluding hydrogens is 297 g/mol. The SMILES string of the molecule is CC1CCN(S(=O)(=O)c2ccc(F)c(C(=O)O)c2)C(C)C1. The van der Waals surface area contributed by atoms with Gasteiger partial charge in [0.1, 0.15) is 5.82 Å². The number of aromatic carboxylic acids is 1. The van der Waals surface area contributed by atoms with Crippen LogP contribution in [0.5, 0.6) is 0 Å². The van der Waals surface area contributed by atoms with Crippen molar-refractivity contribution in [2.45, 2.75) is 37.6 Å². The Bertz CT molecular complexity index is 659. The van der Waals surface area contributed by atoms with E-state index in [2.05, 4.69) is 6.92 Å². The number of carbonyl (C=O) groups is 1. The zero-order valence-corrected chi connectivity index (χ0v) is 12.7. The summed E-state index contributed by atoms with van der Waals surface area (Å²) in [5.41, 5.74) is -0.630. The van der Waals surface area contributed by atoms with Gasteiger partial charge in [0.2, 0.25) is 10.0 Å². The maximum Gasteiger partial charge on any atom is 0.338 e. The maximum atomic E-state index is 13.4. The molecule has 0 aromatic heterocycles. The van der Waals surface area contributed by atoms with E-state index in [0.717, 1.165) is 31.0 Å². The van der Waals surface area contributed by atoms with Crippen molar-refractivity contribution in [2.24, 2.45) is 5.92 Å². The summed E-state index contributed by atoms with van der Waals surface area (Å²) in [4.78, 5) is 10.8. The molecule has 2 rings (SSSR count). The number of rotatable bonds is 3. The number of piperidine rings is 1. The van der Waals surface area contributed by atoms with Crippen molar-refractivity contribution in [3.8, 4) is 0 Å². The molecular formula is C14H18FNO4S. The Kier molecular flexibility index (Phi) is 4.34. The monoisotopic (exact) mass is 315 g/mol. The van der Waals surface area contributed by atoms with E-state index in [1.807, 2.05) is 6.92 Å². The molecule has 1 aliphatic heterocycles. The van der Waals surface area contributed by atoms with Gasteiger partial charge >= 0.3 is 5.97 Å². The third-order valence-corrected chi connectivity index (χ3v) is 5.86. The Morgan fingerprint density at radius 3 is 2.62 bits per heavy atom. The Balaban J connectivity index is 2.40. The van der Waals surface area contributed by atoms with Crippen LogP contribution in [0.3, 0.4) is 0 Å². The van der Waals surface area contributed by atoms with Crippen LogP contribution in [0.2, 0.25) is 0 Å². The van der Waals surface area contributed by atoms with Crippen molar-refractivity contribution in [2.75, 3.05) is 6.54 Å². The van der Waals surface area contributed by atoms with Crippen LogP contribution in [-0.4, -0.2) is 36.4 Å². The average Bonchev–Trinajstić information content (AvgIpc) is 2.38. The van der Waals surface area contributed by atoms with Gasteiger partial charge < -0.3 is 5.11 Å². The van der Waals surface area contributed by atoms with Crippen molar-refractivity contribution in [1.82, 2.24) is 4.31 Å². The van der Waals surface area contributed by atoms with Crippen LogP contribution < -0.4 is 0 Å². The molecule has 0 spiro atoms. The van der Waals surface area contributed by atoms with Gasteiger partial charge in [-0.05, 0) is 43.9 Å². The molecule has 5 nitrogen and oxygen atoms in total. The number of nitrogens with zero attached hydrogens (tertiary/aromatic N) is 1. The highest BCUT2D eigenvalue weighted by Crippen LogP contribution is 2.28. The highest BCUT2D eigenvalue weighted by Gasteiger charge is 2.33. The largest absolute Gasteiger partial charge is 0.478 e. The molecule has 0 bridgehead atoms. The number of halogens is 1. The number of hydrogen-bond donors (Lipinski definition) is 1. The van der Waals surface area contributed by atoms with Crippen LogP contribution in [0.1, 0.15) is 37.0 Å². The molecule has 21 heavy (non-hydrogen) atoms. The van der Waals surface area contributed by atoms with Crippen molar-refractivity contribution in [3.05, 3.63) is 29.6 Å². The average molecular weight is 315 g/mol. The molecule has 7 heteroatoms.